The maximum Gasteiger partial charge on any atom is 0.221 e. The van der Waals surface area contributed by atoms with E-state index in [0.717, 1.165) is 17.9 Å². The molecule has 4 nitrogen and oxygen atoms in total. The molecule has 1 aliphatic heterocycles. The predicted molar refractivity (Wildman–Crippen MR) is 73.2 cm³/mol. The molecule has 0 bridgehead atoms. The normalized spacial score (nSPS) is 20.7. The number of hydrogen-bond acceptors (Lipinski definition) is 6. The largest absolute Gasteiger partial charge is 0.369 e. The van der Waals surface area contributed by atoms with Crippen molar-refractivity contribution in [3.05, 3.63) is 11.8 Å². The third-order valence-corrected chi connectivity index (χ3v) is 5.22. The number of nitrogens with zero attached hydrogens (tertiary/aromatic N) is 2. The minimum absolute atomic E-state index is 0.332. The Morgan fingerprint density at radius 1 is 1.56 bits per heavy atom. The number of nitrogens with one attached hydrogen (secondary N) is 1. The molecule has 1 aliphatic rings. The molecule has 88 valence electrons. The Morgan fingerprint density at radius 2 is 2.44 bits per heavy atom. The van der Waals surface area contributed by atoms with Gasteiger partial charge in [0.05, 0.1) is 0 Å². The summed E-state index contributed by atoms with van der Waals surface area (Å²) in [6.07, 6.45) is 1.76. The van der Waals surface area contributed by atoms with Crippen molar-refractivity contribution in [3.63, 3.8) is 0 Å². The standard InChI is InChI=1S/C10H16N4S2/c1-7-4-13-10(11)14-9(7)12-5-8-6-15-2-3-16-8/h4,8H,2-3,5-6H2,1H3,(H3,11,12,13,14). The molecule has 2 heterocycles. The second-order valence-corrected chi connectivity index (χ2v) is 6.27. The number of aromatic nitrogens is 2. The number of rotatable bonds is 3. The molecule has 1 aromatic heterocycles. The van der Waals surface area contributed by atoms with Gasteiger partial charge >= 0.3 is 0 Å². The van der Waals surface area contributed by atoms with Crippen LogP contribution in [0.3, 0.4) is 0 Å². The van der Waals surface area contributed by atoms with Crippen molar-refractivity contribution in [2.45, 2.75) is 12.2 Å². The van der Waals surface area contributed by atoms with Crippen molar-refractivity contribution in [2.24, 2.45) is 0 Å². The average Bonchev–Trinajstić information content (AvgIpc) is 2.32. The molecule has 0 saturated carbocycles. The van der Waals surface area contributed by atoms with Gasteiger partial charge in [-0.2, -0.15) is 28.5 Å². The lowest BCUT2D eigenvalue weighted by Gasteiger charge is -2.21. The van der Waals surface area contributed by atoms with Gasteiger partial charge in [0.15, 0.2) is 0 Å². The number of thioether (sulfide) groups is 2. The van der Waals surface area contributed by atoms with Crippen molar-refractivity contribution >= 4 is 35.3 Å². The summed E-state index contributed by atoms with van der Waals surface area (Å²) in [5.41, 5.74) is 6.61. The summed E-state index contributed by atoms with van der Waals surface area (Å²) in [5.74, 6) is 4.95. The Hall–Kier alpha value is -0.620. The molecule has 3 N–H and O–H groups in total. The summed E-state index contributed by atoms with van der Waals surface area (Å²) in [6, 6.07) is 0. The van der Waals surface area contributed by atoms with Crippen LogP contribution in [0.4, 0.5) is 11.8 Å². The van der Waals surface area contributed by atoms with Gasteiger partial charge in [-0.1, -0.05) is 0 Å². The fourth-order valence-corrected chi connectivity index (χ4v) is 4.11. The third-order valence-electron chi connectivity index (χ3n) is 2.37. The SMILES string of the molecule is Cc1cnc(N)nc1NCC1CSCCS1. The summed E-state index contributed by atoms with van der Waals surface area (Å²) in [5, 5.41) is 4.03. The zero-order chi connectivity index (χ0) is 11.4. The molecular weight excluding hydrogens is 240 g/mol. The molecular formula is C10H16N4S2. The van der Waals surface area contributed by atoms with Crippen LogP contribution in [0.15, 0.2) is 6.20 Å². The van der Waals surface area contributed by atoms with Crippen molar-refractivity contribution in [2.75, 3.05) is 34.9 Å². The highest BCUT2D eigenvalue weighted by Gasteiger charge is 2.14. The monoisotopic (exact) mass is 256 g/mol. The Kier molecular flexibility index (Phi) is 4.17. The van der Waals surface area contributed by atoms with Crippen LogP contribution in [-0.4, -0.2) is 39.0 Å². The zero-order valence-electron chi connectivity index (χ0n) is 9.27. The highest BCUT2D eigenvalue weighted by atomic mass is 32.2. The molecule has 0 radical (unpaired) electrons. The first kappa shape index (κ1) is 11.9. The van der Waals surface area contributed by atoms with E-state index in [2.05, 4.69) is 15.3 Å². The fraction of sp³-hybridized carbons (Fsp3) is 0.600. The molecule has 1 aromatic rings. The molecule has 0 amide bonds. The lowest BCUT2D eigenvalue weighted by Crippen LogP contribution is -2.24. The van der Waals surface area contributed by atoms with Crippen LogP contribution < -0.4 is 11.1 Å². The Balaban J connectivity index is 1.90. The molecule has 0 spiro atoms. The minimum atomic E-state index is 0.332. The average molecular weight is 256 g/mol. The highest BCUT2D eigenvalue weighted by Crippen LogP contribution is 2.24. The van der Waals surface area contributed by atoms with Crippen LogP contribution in [0.5, 0.6) is 0 Å². The number of nitrogens with two attached hydrogens (primary N) is 1. The van der Waals surface area contributed by atoms with Gasteiger partial charge in [-0.3, -0.25) is 0 Å². The summed E-state index contributed by atoms with van der Waals surface area (Å²) in [4.78, 5) is 8.15. The zero-order valence-corrected chi connectivity index (χ0v) is 10.9. The lowest BCUT2D eigenvalue weighted by molar-refractivity contribution is 0.983. The predicted octanol–water partition coefficient (Wildman–Crippen LogP) is 1.63. The van der Waals surface area contributed by atoms with E-state index in [1.54, 1.807) is 6.20 Å². The van der Waals surface area contributed by atoms with Gasteiger partial charge < -0.3 is 11.1 Å². The Labute approximate surface area is 104 Å². The van der Waals surface area contributed by atoms with Gasteiger partial charge in [0.25, 0.3) is 0 Å². The van der Waals surface area contributed by atoms with Gasteiger partial charge in [-0.25, -0.2) is 4.98 Å². The molecule has 1 fully saturated rings. The van der Waals surface area contributed by atoms with Gasteiger partial charge in [0, 0.05) is 40.8 Å². The van der Waals surface area contributed by atoms with Crippen LogP contribution in [-0.2, 0) is 0 Å². The number of hydrogen-bond donors (Lipinski definition) is 2. The lowest BCUT2D eigenvalue weighted by atomic mass is 10.3. The molecule has 1 unspecified atom stereocenters. The molecule has 1 atom stereocenters. The molecule has 2 rings (SSSR count). The summed E-state index contributed by atoms with van der Waals surface area (Å²) < 4.78 is 0. The second kappa shape index (κ2) is 5.63. The van der Waals surface area contributed by atoms with E-state index >= 15 is 0 Å². The van der Waals surface area contributed by atoms with Gasteiger partial charge in [-0.15, -0.1) is 0 Å². The van der Waals surface area contributed by atoms with Crippen molar-refractivity contribution < 1.29 is 0 Å². The van der Waals surface area contributed by atoms with E-state index < -0.39 is 0 Å². The Morgan fingerprint density at radius 3 is 3.19 bits per heavy atom. The van der Waals surface area contributed by atoms with Crippen molar-refractivity contribution in [1.29, 1.82) is 0 Å². The van der Waals surface area contributed by atoms with E-state index in [4.69, 9.17) is 5.73 Å². The third kappa shape index (κ3) is 3.18. The first-order valence-corrected chi connectivity index (χ1v) is 7.48. The summed E-state index contributed by atoms with van der Waals surface area (Å²) >= 11 is 4.06. The first-order chi connectivity index (χ1) is 7.75. The van der Waals surface area contributed by atoms with Crippen LogP contribution >= 0.6 is 23.5 Å². The van der Waals surface area contributed by atoms with Crippen LogP contribution in [0, 0.1) is 6.92 Å². The van der Waals surface area contributed by atoms with E-state index in [1.165, 1.54) is 17.3 Å². The Bertz CT molecular complexity index is 353. The molecule has 16 heavy (non-hydrogen) atoms. The number of anilines is 2. The van der Waals surface area contributed by atoms with Crippen LogP contribution in [0.25, 0.3) is 0 Å². The second-order valence-electron chi connectivity index (χ2n) is 3.71. The van der Waals surface area contributed by atoms with Gasteiger partial charge in [-0.05, 0) is 6.92 Å². The van der Waals surface area contributed by atoms with E-state index in [1.807, 2.05) is 30.4 Å². The quantitative estimate of drug-likeness (QED) is 0.857. The number of aryl methyl sites for hydroxylation is 1. The fourth-order valence-electron chi connectivity index (χ4n) is 1.50. The van der Waals surface area contributed by atoms with Crippen LogP contribution in [0.1, 0.15) is 5.56 Å². The molecule has 0 aliphatic carbocycles. The van der Waals surface area contributed by atoms with Crippen molar-refractivity contribution in [3.8, 4) is 0 Å². The highest BCUT2D eigenvalue weighted by molar-refractivity contribution is 8.06. The van der Waals surface area contributed by atoms with E-state index in [0.29, 0.717) is 11.2 Å². The van der Waals surface area contributed by atoms with Crippen LogP contribution in [0.2, 0.25) is 0 Å². The molecule has 6 heteroatoms. The maximum atomic E-state index is 5.56. The van der Waals surface area contributed by atoms with Gasteiger partial charge in [0.2, 0.25) is 5.95 Å². The first-order valence-electron chi connectivity index (χ1n) is 5.28. The van der Waals surface area contributed by atoms with Crippen molar-refractivity contribution in [1.82, 2.24) is 9.97 Å². The molecule has 0 aromatic carbocycles. The summed E-state index contributed by atoms with van der Waals surface area (Å²) in [7, 11) is 0. The summed E-state index contributed by atoms with van der Waals surface area (Å²) in [6.45, 7) is 2.94. The molecule has 1 saturated heterocycles. The number of nitrogen functional groups attached to an aromatic ring is 1. The maximum absolute atomic E-state index is 5.56. The van der Waals surface area contributed by atoms with E-state index in [9.17, 15) is 0 Å². The van der Waals surface area contributed by atoms with Gasteiger partial charge in [0.1, 0.15) is 5.82 Å². The van der Waals surface area contributed by atoms with E-state index in [-0.39, 0.29) is 0 Å². The minimum Gasteiger partial charge on any atom is -0.369 e. The smallest absolute Gasteiger partial charge is 0.221 e. The topological polar surface area (TPSA) is 63.8 Å².